The normalized spacial score (nSPS) is 17.3. The van der Waals surface area contributed by atoms with E-state index >= 15 is 0 Å². The number of nitrogens with one attached hydrogen (secondary N) is 1. The number of likely N-dealkylation sites (tertiary alicyclic amines) is 1. The predicted octanol–water partition coefficient (Wildman–Crippen LogP) is 5.09. The molecular formula is C36H43N5O2. The summed E-state index contributed by atoms with van der Waals surface area (Å²) in [5.74, 6) is -0.143. The molecule has 0 aliphatic carbocycles. The molecule has 1 amide bonds. The minimum absolute atomic E-state index is 0.0901. The summed E-state index contributed by atoms with van der Waals surface area (Å²) in [6.07, 6.45) is 3.41. The Bertz CT molecular complexity index is 1570. The summed E-state index contributed by atoms with van der Waals surface area (Å²) >= 11 is 0. The number of amides is 1. The summed E-state index contributed by atoms with van der Waals surface area (Å²) in [5, 5.41) is 4.60. The molecule has 7 heteroatoms. The van der Waals surface area contributed by atoms with Gasteiger partial charge in [-0.05, 0) is 56.1 Å². The Morgan fingerprint density at radius 1 is 0.721 bits per heavy atom. The molecule has 2 fully saturated rings. The second kappa shape index (κ2) is 13.7. The first kappa shape index (κ1) is 29.3. The van der Waals surface area contributed by atoms with Crippen molar-refractivity contribution in [2.45, 2.75) is 38.8 Å². The molecule has 2 saturated heterocycles. The van der Waals surface area contributed by atoms with E-state index < -0.39 is 0 Å². The van der Waals surface area contributed by atoms with Crippen LogP contribution in [0.2, 0.25) is 0 Å². The molecule has 2 aliphatic heterocycles. The van der Waals surface area contributed by atoms with Crippen LogP contribution in [0.4, 0.5) is 0 Å². The number of aromatic nitrogens is 1. The van der Waals surface area contributed by atoms with Crippen LogP contribution >= 0.6 is 0 Å². The first-order valence-electron chi connectivity index (χ1n) is 15.9. The third kappa shape index (κ3) is 6.59. The molecule has 0 spiro atoms. The van der Waals surface area contributed by atoms with Gasteiger partial charge in [-0.3, -0.25) is 24.0 Å². The van der Waals surface area contributed by atoms with Crippen LogP contribution < -0.4 is 10.9 Å². The summed E-state index contributed by atoms with van der Waals surface area (Å²) in [6, 6.07) is 27.3. The van der Waals surface area contributed by atoms with Gasteiger partial charge in [0.05, 0.1) is 17.3 Å². The number of nitrogens with zero attached hydrogens (tertiary/aromatic N) is 4. The molecule has 43 heavy (non-hydrogen) atoms. The van der Waals surface area contributed by atoms with Gasteiger partial charge in [0.1, 0.15) is 0 Å². The zero-order valence-corrected chi connectivity index (χ0v) is 25.3. The number of hydrogen-bond acceptors (Lipinski definition) is 5. The summed E-state index contributed by atoms with van der Waals surface area (Å²) in [7, 11) is 0. The zero-order chi connectivity index (χ0) is 29.6. The van der Waals surface area contributed by atoms with E-state index in [1.165, 1.54) is 25.9 Å². The van der Waals surface area contributed by atoms with Gasteiger partial charge in [0.25, 0.3) is 11.5 Å². The van der Waals surface area contributed by atoms with Crippen molar-refractivity contribution >= 4 is 16.7 Å². The number of hydrogen-bond donors (Lipinski definition) is 1. The largest absolute Gasteiger partial charge is 0.345 e. The van der Waals surface area contributed by atoms with Crippen molar-refractivity contribution in [2.24, 2.45) is 0 Å². The number of benzene rings is 3. The highest BCUT2D eigenvalue weighted by Crippen LogP contribution is 2.26. The van der Waals surface area contributed by atoms with Crippen LogP contribution in [0.1, 0.15) is 53.8 Å². The molecule has 3 heterocycles. The third-order valence-electron chi connectivity index (χ3n) is 9.11. The Hall–Kier alpha value is -3.78. The van der Waals surface area contributed by atoms with Gasteiger partial charge in [0.15, 0.2) is 0 Å². The third-order valence-corrected chi connectivity index (χ3v) is 9.11. The minimum Gasteiger partial charge on any atom is -0.345 e. The second-order valence-corrected chi connectivity index (χ2v) is 11.9. The number of fused-ring (bicyclic) bond motifs is 1. The molecule has 0 unspecified atom stereocenters. The molecule has 0 radical (unpaired) electrons. The molecule has 6 rings (SSSR count). The molecule has 1 N–H and O–H groups in total. The van der Waals surface area contributed by atoms with E-state index in [0.717, 1.165) is 62.6 Å². The molecule has 1 aromatic heterocycles. The lowest BCUT2D eigenvalue weighted by Crippen LogP contribution is -2.48. The van der Waals surface area contributed by atoms with Crippen LogP contribution in [0.3, 0.4) is 0 Å². The molecule has 2 aliphatic rings. The number of piperazine rings is 1. The van der Waals surface area contributed by atoms with Gasteiger partial charge in [0, 0.05) is 62.3 Å². The smallest absolute Gasteiger partial charge is 0.263 e. The number of rotatable bonds is 10. The van der Waals surface area contributed by atoms with Crippen LogP contribution in [-0.4, -0.2) is 77.5 Å². The van der Waals surface area contributed by atoms with E-state index in [2.05, 4.69) is 39.1 Å². The van der Waals surface area contributed by atoms with Crippen molar-refractivity contribution in [3.05, 3.63) is 112 Å². The van der Waals surface area contributed by atoms with Gasteiger partial charge >= 0.3 is 0 Å². The number of carbonyl (C=O) groups excluding carboxylic acids is 1. The highest BCUT2D eigenvalue weighted by molar-refractivity contribution is 6.08. The van der Waals surface area contributed by atoms with Crippen molar-refractivity contribution in [2.75, 3.05) is 52.4 Å². The Morgan fingerprint density at radius 2 is 1.28 bits per heavy atom. The van der Waals surface area contributed by atoms with E-state index in [9.17, 15) is 9.59 Å². The Labute approximate surface area is 254 Å². The average Bonchev–Trinajstić information content (AvgIpc) is 3.58. The Morgan fingerprint density at radius 3 is 1.93 bits per heavy atom. The van der Waals surface area contributed by atoms with Gasteiger partial charge in [0.2, 0.25) is 0 Å². The summed E-state index contributed by atoms with van der Waals surface area (Å²) < 4.78 is 1.78. The van der Waals surface area contributed by atoms with Crippen LogP contribution in [0, 0.1) is 0 Å². The van der Waals surface area contributed by atoms with E-state index in [4.69, 9.17) is 0 Å². The monoisotopic (exact) mass is 577 g/mol. The van der Waals surface area contributed by atoms with E-state index in [0.29, 0.717) is 22.9 Å². The van der Waals surface area contributed by atoms with Gasteiger partial charge in [-0.15, -0.1) is 0 Å². The molecule has 3 aromatic carbocycles. The van der Waals surface area contributed by atoms with E-state index in [1.54, 1.807) is 4.57 Å². The lowest BCUT2D eigenvalue weighted by molar-refractivity contribution is 0.0929. The molecule has 7 nitrogen and oxygen atoms in total. The van der Waals surface area contributed by atoms with Gasteiger partial charge in [-0.1, -0.05) is 73.7 Å². The van der Waals surface area contributed by atoms with Crippen LogP contribution in [0.5, 0.6) is 0 Å². The molecule has 0 bridgehead atoms. The maximum atomic E-state index is 14.4. The lowest BCUT2D eigenvalue weighted by atomic mass is 9.99. The van der Waals surface area contributed by atoms with E-state index in [-0.39, 0.29) is 17.5 Å². The topological polar surface area (TPSA) is 60.8 Å². The summed E-state index contributed by atoms with van der Waals surface area (Å²) in [6.45, 7) is 11.1. The standard InChI is InChI=1S/C36H43N5O2/c1-2-32(28-13-5-3-6-14-28)37-35(42)34-30-17-9-10-18-31(30)36(43)41(29-15-7-4-8-16-29)33(34)27-40-25-23-39(24-26-40)22-21-38-19-11-12-20-38/h3-10,13-18,32H,2,11-12,19-27H2,1H3,(H,37,42)/t32-/m0/s1. The zero-order valence-electron chi connectivity index (χ0n) is 25.3. The van der Waals surface area contributed by atoms with Gasteiger partial charge < -0.3 is 10.2 Å². The van der Waals surface area contributed by atoms with Crippen molar-refractivity contribution < 1.29 is 4.79 Å². The minimum atomic E-state index is -0.143. The molecule has 4 aromatic rings. The second-order valence-electron chi connectivity index (χ2n) is 11.9. The average molecular weight is 578 g/mol. The van der Waals surface area contributed by atoms with Crippen molar-refractivity contribution in [1.29, 1.82) is 0 Å². The Kier molecular flexibility index (Phi) is 9.32. The summed E-state index contributed by atoms with van der Waals surface area (Å²) in [4.78, 5) is 36.0. The van der Waals surface area contributed by atoms with Crippen LogP contribution in [0.15, 0.2) is 89.7 Å². The maximum absolute atomic E-state index is 14.4. The first-order valence-corrected chi connectivity index (χ1v) is 15.9. The Balaban J connectivity index is 1.35. The predicted molar refractivity (Wildman–Crippen MR) is 174 cm³/mol. The summed E-state index contributed by atoms with van der Waals surface area (Å²) in [5.41, 5.74) is 3.10. The van der Waals surface area contributed by atoms with Crippen LogP contribution in [0.25, 0.3) is 16.5 Å². The molecule has 224 valence electrons. The fourth-order valence-corrected chi connectivity index (χ4v) is 6.66. The molecular weight excluding hydrogens is 534 g/mol. The fraction of sp³-hybridized carbons (Fsp3) is 0.389. The van der Waals surface area contributed by atoms with Crippen molar-refractivity contribution in [3.63, 3.8) is 0 Å². The van der Waals surface area contributed by atoms with E-state index in [1.807, 2.05) is 72.8 Å². The fourth-order valence-electron chi connectivity index (χ4n) is 6.66. The van der Waals surface area contributed by atoms with Gasteiger partial charge in [-0.25, -0.2) is 0 Å². The first-order chi connectivity index (χ1) is 21.1. The maximum Gasteiger partial charge on any atom is 0.263 e. The highest BCUT2D eigenvalue weighted by atomic mass is 16.2. The highest BCUT2D eigenvalue weighted by Gasteiger charge is 2.27. The van der Waals surface area contributed by atoms with Gasteiger partial charge in [-0.2, -0.15) is 0 Å². The van der Waals surface area contributed by atoms with Crippen molar-refractivity contribution in [1.82, 2.24) is 24.6 Å². The lowest BCUT2D eigenvalue weighted by Gasteiger charge is -2.36. The molecule has 1 atom stereocenters. The van der Waals surface area contributed by atoms with Crippen molar-refractivity contribution in [3.8, 4) is 5.69 Å². The SMILES string of the molecule is CC[C@H](NC(=O)c1c(CN2CCN(CCN3CCCC3)CC2)n(-c2ccccc2)c(=O)c2ccccc12)c1ccccc1. The quantitative estimate of drug-likeness (QED) is 0.285. The van der Waals surface area contributed by atoms with Crippen LogP contribution in [-0.2, 0) is 6.54 Å². The number of para-hydroxylation sites is 1. The number of carbonyl (C=O) groups is 1. The number of pyridine rings is 1. The molecule has 0 saturated carbocycles.